The number of fused-ring (bicyclic) bond motifs is 1. The summed E-state index contributed by atoms with van der Waals surface area (Å²) in [5.41, 5.74) is 0. The smallest absolute Gasteiger partial charge is 0.245 e. The molecule has 2 heterocycles. The van der Waals surface area contributed by atoms with E-state index in [2.05, 4.69) is 26.1 Å². The van der Waals surface area contributed by atoms with Gasteiger partial charge in [0.15, 0.2) is 0 Å². The largest absolute Gasteiger partial charge is 0.342 e. The number of rotatable bonds is 2. The number of hydrogen-bond donors (Lipinski definition) is 1. The predicted octanol–water partition coefficient (Wildman–Crippen LogP) is 0.768. The molecule has 2 rings (SSSR count). The molecule has 0 radical (unpaired) electrons. The molecule has 0 aromatic heterocycles. The normalized spacial score (nSPS) is 34.2. The number of piperazine rings is 1. The minimum atomic E-state index is -0.297. The fourth-order valence-corrected chi connectivity index (χ4v) is 2.70. The van der Waals surface area contributed by atoms with E-state index in [9.17, 15) is 9.59 Å². The molecular formula is C12H20N2O2. The summed E-state index contributed by atoms with van der Waals surface area (Å²) in [6.07, 6.45) is 1.55. The van der Waals surface area contributed by atoms with Crippen LogP contribution in [0.3, 0.4) is 0 Å². The van der Waals surface area contributed by atoms with Crippen molar-refractivity contribution in [2.45, 2.75) is 45.7 Å². The Labute approximate surface area is 96.4 Å². The van der Waals surface area contributed by atoms with Crippen LogP contribution < -0.4 is 5.32 Å². The summed E-state index contributed by atoms with van der Waals surface area (Å²) in [6.45, 7) is 6.97. The van der Waals surface area contributed by atoms with E-state index in [0.29, 0.717) is 11.8 Å². The van der Waals surface area contributed by atoms with Gasteiger partial charge in [0.2, 0.25) is 11.8 Å². The summed E-state index contributed by atoms with van der Waals surface area (Å²) in [7, 11) is 0. The third kappa shape index (κ3) is 1.93. The molecule has 2 aliphatic heterocycles. The molecule has 16 heavy (non-hydrogen) atoms. The molecule has 0 spiro atoms. The summed E-state index contributed by atoms with van der Waals surface area (Å²) in [5.74, 6) is 1.01. The van der Waals surface area contributed by atoms with Crippen LogP contribution in [0.1, 0.15) is 33.6 Å². The van der Waals surface area contributed by atoms with Crippen molar-refractivity contribution in [3.63, 3.8) is 0 Å². The van der Waals surface area contributed by atoms with Crippen molar-refractivity contribution in [3.05, 3.63) is 0 Å². The van der Waals surface area contributed by atoms with Gasteiger partial charge in [0.1, 0.15) is 12.1 Å². The second kappa shape index (κ2) is 4.07. The summed E-state index contributed by atoms with van der Waals surface area (Å²) >= 11 is 0. The Bertz CT molecular complexity index is 314. The first-order valence-corrected chi connectivity index (χ1v) is 6.10. The Balaban J connectivity index is 2.12. The van der Waals surface area contributed by atoms with Crippen molar-refractivity contribution in [2.75, 3.05) is 6.54 Å². The van der Waals surface area contributed by atoms with Crippen LogP contribution in [0.5, 0.6) is 0 Å². The average Bonchev–Trinajstić information content (AvgIpc) is 2.56. The van der Waals surface area contributed by atoms with Crippen molar-refractivity contribution in [3.8, 4) is 0 Å². The van der Waals surface area contributed by atoms with E-state index in [1.807, 2.05) is 0 Å². The summed E-state index contributed by atoms with van der Waals surface area (Å²) in [6, 6.07) is -0.500. The van der Waals surface area contributed by atoms with Crippen LogP contribution in [0, 0.1) is 11.8 Å². The van der Waals surface area contributed by atoms with Crippen LogP contribution in [0.4, 0.5) is 0 Å². The van der Waals surface area contributed by atoms with Crippen molar-refractivity contribution in [1.82, 2.24) is 10.2 Å². The predicted molar refractivity (Wildman–Crippen MR) is 60.7 cm³/mol. The Morgan fingerprint density at radius 3 is 2.75 bits per heavy atom. The maximum Gasteiger partial charge on any atom is 0.245 e. The number of carbonyl (C=O) groups is 2. The van der Waals surface area contributed by atoms with E-state index in [0.717, 1.165) is 19.4 Å². The average molecular weight is 224 g/mol. The highest BCUT2D eigenvalue weighted by Gasteiger charge is 2.45. The highest BCUT2D eigenvalue weighted by Crippen LogP contribution is 2.27. The lowest BCUT2D eigenvalue weighted by molar-refractivity contribution is -0.147. The van der Waals surface area contributed by atoms with E-state index in [-0.39, 0.29) is 23.9 Å². The van der Waals surface area contributed by atoms with Gasteiger partial charge in [-0.25, -0.2) is 0 Å². The second-order valence-corrected chi connectivity index (χ2v) is 5.54. The first kappa shape index (κ1) is 11.4. The fourth-order valence-electron chi connectivity index (χ4n) is 2.70. The SMILES string of the molecule is CC(C)C[C@@H]1NC(=O)[C@@H]2C[C@@H](C)CN2C1=O. The van der Waals surface area contributed by atoms with Crippen molar-refractivity contribution >= 4 is 11.8 Å². The molecule has 0 aromatic rings. The zero-order chi connectivity index (χ0) is 11.9. The van der Waals surface area contributed by atoms with Crippen molar-refractivity contribution in [2.24, 2.45) is 11.8 Å². The molecule has 4 heteroatoms. The Morgan fingerprint density at radius 1 is 1.44 bits per heavy atom. The molecule has 0 saturated carbocycles. The van der Waals surface area contributed by atoms with Gasteiger partial charge in [-0.1, -0.05) is 20.8 Å². The number of nitrogens with zero attached hydrogens (tertiary/aromatic N) is 1. The first-order valence-electron chi connectivity index (χ1n) is 6.10. The fraction of sp³-hybridized carbons (Fsp3) is 0.833. The van der Waals surface area contributed by atoms with Crippen LogP contribution in [-0.2, 0) is 9.59 Å². The van der Waals surface area contributed by atoms with Gasteiger partial charge in [0.25, 0.3) is 0 Å². The van der Waals surface area contributed by atoms with Gasteiger partial charge in [0.05, 0.1) is 0 Å². The molecular weight excluding hydrogens is 204 g/mol. The zero-order valence-corrected chi connectivity index (χ0v) is 10.2. The van der Waals surface area contributed by atoms with Crippen molar-refractivity contribution in [1.29, 1.82) is 0 Å². The second-order valence-electron chi connectivity index (χ2n) is 5.54. The van der Waals surface area contributed by atoms with E-state index in [1.54, 1.807) is 4.90 Å². The maximum absolute atomic E-state index is 12.1. The van der Waals surface area contributed by atoms with Crippen molar-refractivity contribution < 1.29 is 9.59 Å². The zero-order valence-electron chi connectivity index (χ0n) is 10.2. The molecule has 0 aliphatic carbocycles. The van der Waals surface area contributed by atoms with E-state index < -0.39 is 0 Å². The lowest BCUT2D eigenvalue weighted by Crippen LogP contribution is -2.61. The number of amides is 2. The lowest BCUT2D eigenvalue weighted by Gasteiger charge is -2.35. The summed E-state index contributed by atoms with van der Waals surface area (Å²) in [4.78, 5) is 25.8. The molecule has 3 atom stereocenters. The topological polar surface area (TPSA) is 49.4 Å². The van der Waals surface area contributed by atoms with E-state index in [1.165, 1.54) is 0 Å². The molecule has 2 saturated heterocycles. The molecule has 0 aromatic carbocycles. The van der Waals surface area contributed by atoms with Crippen LogP contribution in [-0.4, -0.2) is 35.3 Å². The van der Waals surface area contributed by atoms with Gasteiger partial charge in [-0.2, -0.15) is 0 Å². The highest BCUT2D eigenvalue weighted by atomic mass is 16.2. The molecule has 4 nitrogen and oxygen atoms in total. The third-order valence-electron chi connectivity index (χ3n) is 3.42. The first-order chi connectivity index (χ1) is 7.49. The van der Waals surface area contributed by atoms with Crippen LogP contribution in [0.25, 0.3) is 0 Å². The molecule has 0 bridgehead atoms. The monoisotopic (exact) mass is 224 g/mol. The number of nitrogens with one attached hydrogen (secondary N) is 1. The number of hydrogen-bond acceptors (Lipinski definition) is 2. The molecule has 2 aliphatic rings. The van der Waals surface area contributed by atoms with Crippen LogP contribution >= 0.6 is 0 Å². The summed E-state index contributed by atoms with van der Waals surface area (Å²) in [5, 5.41) is 2.86. The van der Waals surface area contributed by atoms with Gasteiger partial charge >= 0.3 is 0 Å². The standard InChI is InChI=1S/C12H20N2O2/c1-7(2)4-9-12(16)14-6-8(3)5-10(14)11(15)13-9/h7-10H,4-6H2,1-3H3,(H,13,15)/t8-,9+,10+/m1/s1. The summed E-state index contributed by atoms with van der Waals surface area (Å²) < 4.78 is 0. The minimum absolute atomic E-state index is 0.0367. The molecule has 0 unspecified atom stereocenters. The minimum Gasteiger partial charge on any atom is -0.342 e. The Morgan fingerprint density at radius 2 is 2.12 bits per heavy atom. The van der Waals surface area contributed by atoms with Crippen LogP contribution in [0.2, 0.25) is 0 Å². The quantitative estimate of drug-likeness (QED) is 0.753. The lowest BCUT2D eigenvalue weighted by atomic mass is 9.99. The van der Waals surface area contributed by atoms with Gasteiger partial charge < -0.3 is 10.2 Å². The number of carbonyl (C=O) groups excluding carboxylic acids is 2. The van der Waals surface area contributed by atoms with E-state index in [4.69, 9.17) is 0 Å². The molecule has 1 N–H and O–H groups in total. The Hall–Kier alpha value is -1.06. The third-order valence-corrected chi connectivity index (χ3v) is 3.42. The van der Waals surface area contributed by atoms with E-state index >= 15 is 0 Å². The molecule has 2 amide bonds. The van der Waals surface area contributed by atoms with Gasteiger partial charge in [-0.05, 0) is 24.7 Å². The highest BCUT2D eigenvalue weighted by molar-refractivity contribution is 5.97. The Kier molecular flexibility index (Phi) is 2.91. The van der Waals surface area contributed by atoms with Gasteiger partial charge in [-0.15, -0.1) is 0 Å². The van der Waals surface area contributed by atoms with Crippen LogP contribution in [0.15, 0.2) is 0 Å². The molecule has 2 fully saturated rings. The molecule has 90 valence electrons. The van der Waals surface area contributed by atoms with Gasteiger partial charge in [-0.3, -0.25) is 9.59 Å². The maximum atomic E-state index is 12.1. The van der Waals surface area contributed by atoms with Gasteiger partial charge in [0, 0.05) is 6.54 Å².